The lowest BCUT2D eigenvalue weighted by Crippen LogP contribution is -2.45. The van der Waals surface area contributed by atoms with Crippen LogP contribution >= 0.6 is 0 Å². The predicted octanol–water partition coefficient (Wildman–Crippen LogP) is 2.38. The number of nitrogens with zero attached hydrogens (tertiary/aromatic N) is 2. The minimum atomic E-state index is -4.19. The Morgan fingerprint density at radius 2 is 2.11 bits per heavy atom. The zero-order chi connectivity index (χ0) is 20.6. The highest BCUT2D eigenvalue weighted by atomic mass is 19.4. The quantitative estimate of drug-likeness (QED) is 0.487. The highest BCUT2D eigenvalue weighted by molar-refractivity contribution is 5.94. The van der Waals surface area contributed by atoms with Gasteiger partial charge in [-0.05, 0) is 37.5 Å². The molecule has 156 valence electrons. The smallest absolute Gasteiger partial charge is 0.357 e. The van der Waals surface area contributed by atoms with Gasteiger partial charge in [0.1, 0.15) is 6.54 Å². The average Bonchev–Trinajstić information content (AvgIpc) is 3.05. The number of amides is 1. The number of nitrogens with one attached hydrogen (secondary N) is 3. The van der Waals surface area contributed by atoms with E-state index in [9.17, 15) is 18.0 Å². The Morgan fingerprint density at radius 3 is 2.79 bits per heavy atom. The number of anilines is 1. The number of likely N-dealkylation sites (tertiary alicyclic amines) is 1. The zero-order valence-corrected chi connectivity index (χ0v) is 16.3. The normalized spacial score (nSPS) is 18.2. The predicted molar refractivity (Wildman–Crippen MR) is 104 cm³/mol. The summed E-state index contributed by atoms with van der Waals surface area (Å²) in [5.74, 6) is 0.175. The van der Waals surface area contributed by atoms with Gasteiger partial charge in [-0.25, -0.2) is 4.99 Å². The minimum absolute atomic E-state index is 0.0787. The molecule has 1 saturated heterocycles. The molecule has 0 saturated carbocycles. The molecule has 1 fully saturated rings. The van der Waals surface area contributed by atoms with Gasteiger partial charge < -0.3 is 16.0 Å². The van der Waals surface area contributed by atoms with E-state index in [2.05, 4.69) is 20.9 Å². The molecular formula is C19H28F3N5O. The maximum atomic E-state index is 12.5. The topological polar surface area (TPSA) is 68.8 Å². The first-order chi connectivity index (χ1) is 13.3. The van der Waals surface area contributed by atoms with Gasteiger partial charge in [0, 0.05) is 31.4 Å². The van der Waals surface area contributed by atoms with Crippen molar-refractivity contribution in [1.82, 2.24) is 15.5 Å². The second-order valence-corrected chi connectivity index (χ2v) is 6.78. The SMILES string of the molecule is CCNC(=NCC(=O)Nc1cccc(CC)c1)NC1CCN(CC(F)(F)F)C1. The van der Waals surface area contributed by atoms with Crippen LogP contribution in [-0.4, -0.2) is 61.7 Å². The van der Waals surface area contributed by atoms with Crippen LogP contribution in [0.25, 0.3) is 0 Å². The summed E-state index contributed by atoms with van der Waals surface area (Å²) < 4.78 is 37.5. The van der Waals surface area contributed by atoms with Crippen LogP contribution in [0.2, 0.25) is 0 Å². The molecule has 1 amide bonds. The van der Waals surface area contributed by atoms with E-state index in [4.69, 9.17) is 0 Å². The number of hydrogen-bond acceptors (Lipinski definition) is 3. The number of rotatable bonds is 7. The Hall–Kier alpha value is -2.29. The van der Waals surface area contributed by atoms with Crippen LogP contribution in [-0.2, 0) is 11.2 Å². The zero-order valence-electron chi connectivity index (χ0n) is 16.3. The summed E-state index contributed by atoms with van der Waals surface area (Å²) in [6.07, 6.45) is -2.72. The van der Waals surface area contributed by atoms with E-state index in [0.717, 1.165) is 17.7 Å². The fourth-order valence-electron chi connectivity index (χ4n) is 3.08. The molecule has 1 heterocycles. The monoisotopic (exact) mass is 399 g/mol. The second-order valence-electron chi connectivity index (χ2n) is 6.78. The number of aliphatic imine (C=N–C) groups is 1. The van der Waals surface area contributed by atoms with E-state index < -0.39 is 12.7 Å². The Morgan fingerprint density at radius 1 is 1.32 bits per heavy atom. The van der Waals surface area contributed by atoms with Crippen molar-refractivity contribution >= 4 is 17.6 Å². The van der Waals surface area contributed by atoms with Crippen molar-refractivity contribution < 1.29 is 18.0 Å². The summed E-state index contributed by atoms with van der Waals surface area (Å²) in [6.45, 7) is 4.20. The molecule has 6 nitrogen and oxygen atoms in total. The molecule has 9 heteroatoms. The number of aryl methyl sites for hydroxylation is 1. The van der Waals surface area contributed by atoms with Crippen molar-refractivity contribution in [3.8, 4) is 0 Å². The van der Waals surface area contributed by atoms with Crippen LogP contribution in [0.4, 0.5) is 18.9 Å². The highest BCUT2D eigenvalue weighted by Gasteiger charge is 2.34. The first kappa shape index (κ1) is 22.0. The van der Waals surface area contributed by atoms with Gasteiger partial charge in [-0.2, -0.15) is 13.2 Å². The summed E-state index contributed by atoms with van der Waals surface area (Å²) in [4.78, 5) is 17.8. The van der Waals surface area contributed by atoms with Gasteiger partial charge in [-0.3, -0.25) is 9.69 Å². The minimum Gasteiger partial charge on any atom is -0.357 e. The first-order valence-corrected chi connectivity index (χ1v) is 9.51. The van der Waals surface area contributed by atoms with Crippen molar-refractivity contribution in [2.45, 2.75) is 38.9 Å². The molecule has 1 aromatic carbocycles. The molecule has 1 aromatic rings. The van der Waals surface area contributed by atoms with E-state index in [0.29, 0.717) is 32.0 Å². The van der Waals surface area contributed by atoms with Crippen LogP contribution in [0.5, 0.6) is 0 Å². The van der Waals surface area contributed by atoms with Crippen molar-refractivity contribution in [3.63, 3.8) is 0 Å². The van der Waals surface area contributed by atoms with Gasteiger partial charge in [0.05, 0.1) is 6.54 Å². The fourth-order valence-corrected chi connectivity index (χ4v) is 3.08. The molecule has 2 rings (SSSR count). The summed E-state index contributed by atoms with van der Waals surface area (Å²) in [5, 5.41) is 8.95. The average molecular weight is 399 g/mol. The molecule has 0 radical (unpaired) electrons. The van der Waals surface area contributed by atoms with Gasteiger partial charge in [-0.15, -0.1) is 0 Å². The highest BCUT2D eigenvalue weighted by Crippen LogP contribution is 2.19. The Kier molecular flexibility index (Phi) is 8.10. The summed E-state index contributed by atoms with van der Waals surface area (Å²) in [5.41, 5.74) is 1.84. The Bertz CT molecular complexity index is 678. The molecule has 0 spiro atoms. The molecule has 28 heavy (non-hydrogen) atoms. The number of carbonyl (C=O) groups is 1. The van der Waals surface area contributed by atoms with E-state index >= 15 is 0 Å². The molecule has 1 atom stereocenters. The van der Waals surface area contributed by atoms with Gasteiger partial charge in [-0.1, -0.05) is 19.1 Å². The third-order valence-electron chi connectivity index (χ3n) is 4.36. The summed E-state index contributed by atoms with van der Waals surface area (Å²) in [7, 11) is 0. The number of guanidine groups is 1. The molecule has 1 aliphatic heterocycles. The molecule has 1 aliphatic rings. The van der Waals surface area contributed by atoms with E-state index in [1.807, 2.05) is 38.1 Å². The van der Waals surface area contributed by atoms with Gasteiger partial charge in [0.25, 0.3) is 0 Å². The van der Waals surface area contributed by atoms with Crippen molar-refractivity contribution in [2.75, 3.05) is 38.0 Å². The maximum absolute atomic E-state index is 12.5. The Labute approximate surface area is 163 Å². The summed E-state index contributed by atoms with van der Waals surface area (Å²) >= 11 is 0. The van der Waals surface area contributed by atoms with Crippen LogP contribution in [0, 0.1) is 0 Å². The number of hydrogen-bond donors (Lipinski definition) is 3. The largest absolute Gasteiger partial charge is 0.401 e. The molecular weight excluding hydrogens is 371 g/mol. The van der Waals surface area contributed by atoms with E-state index in [-0.39, 0.29) is 18.5 Å². The third kappa shape index (κ3) is 7.75. The lowest BCUT2D eigenvalue weighted by molar-refractivity contribution is -0.143. The van der Waals surface area contributed by atoms with Crippen LogP contribution in [0.3, 0.4) is 0 Å². The van der Waals surface area contributed by atoms with Crippen LogP contribution < -0.4 is 16.0 Å². The third-order valence-corrected chi connectivity index (χ3v) is 4.36. The van der Waals surface area contributed by atoms with Crippen LogP contribution in [0.1, 0.15) is 25.8 Å². The standard InChI is InChI=1S/C19H28F3N5O/c1-3-14-6-5-7-15(10-14)25-17(28)11-24-18(23-4-2)26-16-8-9-27(12-16)13-19(20,21)22/h5-7,10,16H,3-4,8-9,11-13H2,1-2H3,(H,25,28)(H2,23,24,26). The second kappa shape index (κ2) is 10.3. The lowest BCUT2D eigenvalue weighted by Gasteiger charge is -2.19. The molecule has 3 N–H and O–H groups in total. The number of carbonyl (C=O) groups excluding carboxylic acids is 1. The van der Waals surface area contributed by atoms with Gasteiger partial charge in [0.15, 0.2) is 5.96 Å². The van der Waals surface area contributed by atoms with Gasteiger partial charge >= 0.3 is 6.18 Å². The van der Waals surface area contributed by atoms with Crippen molar-refractivity contribution in [3.05, 3.63) is 29.8 Å². The Balaban J connectivity index is 1.86. The van der Waals surface area contributed by atoms with Crippen LogP contribution in [0.15, 0.2) is 29.3 Å². The maximum Gasteiger partial charge on any atom is 0.401 e. The number of alkyl halides is 3. The number of benzene rings is 1. The molecule has 1 unspecified atom stereocenters. The van der Waals surface area contributed by atoms with Crippen molar-refractivity contribution in [2.24, 2.45) is 4.99 Å². The molecule has 0 aromatic heterocycles. The lowest BCUT2D eigenvalue weighted by atomic mass is 10.1. The van der Waals surface area contributed by atoms with E-state index in [1.165, 1.54) is 4.90 Å². The molecule has 0 aliphatic carbocycles. The summed E-state index contributed by atoms with van der Waals surface area (Å²) in [6, 6.07) is 7.47. The first-order valence-electron chi connectivity index (χ1n) is 9.51. The van der Waals surface area contributed by atoms with Gasteiger partial charge in [0.2, 0.25) is 5.91 Å². The fraction of sp³-hybridized carbons (Fsp3) is 0.579. The number of halogens is 3. The van der Waals surface area contributed by atoms with Crippen molar-refractivity contribution in [1.29, 1.82) is 0 Å². The van der Waals surface area contributed by atoms with E-state index in [1.54, 1.807) is 0 Å². The molecule has 0 bridgehead atoms.